The van der Waals surface area contributed by atoms with Crippen LogP contribution in [0.15, 0.2) is 181 Å². The molecular weight excluding hydrogens is 1730 g/mol. The summed E-state index contributed by atoms with van der Waals surface area (Å²) in [6, 6.07) is 34.6. The summed E-state index contributed by atoms with van der Waals surface area (Å²) in [4.78, 5) is 98.0. The number of rotatable bonds is 25. The minimum Gasteiger partial charge on any atom is -0.508 e. The topological polar surface area (TPSA) is 335 Å². The number of fused-ring (bicyclic) bond motifs is 5. The van der Waals surface area contributed by atoms with Crippen molar-refractivity contribution in [1.82, 2.24) is 72.7 Å². The van der Waals surface area contributed by atoms with Crippen molar-refractivity contribution in [3.05, 3.63) is 235 Å². The Hall–Kier alpha value is -11.3. The lowest BCUT2D eigenvalue weighted by Gasteiger charge is -2.17. The van der Waals surface area contributed by atoms with Crippen molar-refractivity contribution >= 4 is 124 Å². The second-order valence-electron chi connectivity index (χ2n) is 29.5. The predicted octanol–water partition coefficient (Wildman–Crippen LogP) is 22.2. The van der Waals surface area contributed by atoms with E-state index in [1.165, 1.54) is 42.7 Å². The van der Waals surface area contributed by atoms with Crippen molar-refractivity contribution in [3.63, 3.8) is 0 Å². The summed E-state index contributed by atoms with van der Waals surface area (Å²) in [5.74, 6) is 0.618. The number of alkyl halides is 3. The molecule has 0 radical (unpaired) electrons. The van der Waals surface area contributed by atoms with Crippen molar-refractivity contribution in [1.29, 1.82) is 0 Å². The maximum absolute atomic E-state index is 12.5. The van der Waals surface area contributed by atoms with E-state index in [4.69, 9.17) is 67.5 Å². The van der Waals surface area contributed by atoms with E-state index in [0.29, 0.717) is 98.8 Å². The lowest BCUT2D eigenvalue weighted by Crippen LogP contribution is -2.21. The smallest absolute Gasteiger partial charge is 0.508 e. The number of phenolic OH excluding ortho intramolecular Hbond substituents is 1. The Kier molecular flexibility index (Phi) is 31.2. The number of sulfone groups is 1. The molecule has 15 aromatic rings. The fourth-order valence-electron chi connectivity index (χ4n) is 15.7. The summed E-state index contributed by atoms with van der Waals surface area (Å²) in [5, 5.41) is 11.7. The van der Waals surface area contributed by atoms with Crippen molar-refractivity contribution < 1.29 is 40.9 Å². The van der Waals surface area contributed by atoms with Gasteiger partial charge in [0.15, 0.2) is 38.1 Å². The molecule has 0 bridgehead atoms. The Morgan fingerprint density at radius 1 is 0.384 bits per heavy atom. The molecule has 0 aliphatic carbocycles. The number of methoxy groups -OCH3 is 2. The molecule has 5 aromatic carbocycles. The molecule has 15 rings (SSSR count). The van der Waals surface area contributed by atoms with E-state index >= 15 is 0 Å². The Morgan fingerprint density at radius 2 is 0.640 bits per heavy atom. The summed E-state index contributed by atoms with van der Waals surface area (Å²) >= 11 is 32.1. The highest BCUT2D eigenvalue weighted by Crippen LogP contribution is 2.43. The average molecular weight is 1830 g/mol. The summed E-state index contributed by atoms with van der Waals surface area (Å²) < 4.78 is 83.9. The number of aromatic nitrogens is 15. The minimum atomic E-state index is -4.76. The summed E-state index contributed by atoms with van der Waals surface area (Å²) in [5.41, 5.74) is 13.3. The van der Waals surface area contributed by atoms with Crippen LogP contribution in [-0.2, 0) is 21.2 Å². The molecule has 10 heterocycles. The van der Waals surface area contributed by atoms with Crippen LogP contribution in [0.3, 0.4) is 0 Å². The molecule has 35 heteroatoms. The average Bonchev–Trinajstić information content (AvgIpc) is 1.63. The molecule has 0 fully saturated rings. The number of halogens is 8. The van der Waals surface area contributed by atoms with Gasteiger partial charge >= 0.3 is 34.8 Å². The second-order valence-corrected chi connectivity index (χ2v) is 33.6. The maximum Gasteiger partial charge on any atom is 0.573 e. The van der Waals surface area contributed by atoms with E-state index in [-0.39, 0.29) is 75.1 Å². The van der Waals surface area contributed by atoms with Crippen LogP contribution >= 0.6 is 58.0 Å². The van der Waals surface area contributed by atoms with Crippen LogP contribution < -0.4 is 37.9 Å². The van der Waals surface area contributed by atoms with Gasteiger partial charge in [-0.05, 0) is 146 Å². The normalized spacial score (nSPS) is 11.8. The molecule has 26 nitrogen and oxygen atoms in total. The van der Waals surface area contributed by atoms with Crippen LogP contribution in [0.1, 0.15) is 169 Å². The molecule has 0 atom stereocenters. The first-order chi connectivity index (χ1) is 59.8. The first-order valence-corrected chi connectivity index (χ1v) is 44.7. The lowest BCUT2D eigenvalue weighted by molar-refractivity contribution is -0.274. The van der Waals surface area contributed by atoms with Gasteiger partial charge in [-0.15, -0.1) is 13.2 Å². The van der Waals surface area contributed by atoms with E-state index in [9.17, 15) is 50.7 Å². The number of benzene rings is 5. The molecule has 0 amide bonds. The third kappa shape index (κ3) is 20.5. The highest BCUT2D eigenvalue weighted by molar-refractivity contribution is 7.90. The molecule has 0 aliphatic rings. The number of imidazole rings is 5. The van der Waals surface area contributed by atoms with Crippen LogP contribution in [0.4, 0.5) is 13.2 Å². The number of pyridine rings is 5. The Balaban J connectivity index is 0.000000152. The first kappa shape index (κ1) is 94.4. The molecule has 10 aromatic heterocycles. The number of ether oxygens (including phenoxy) is 3. The highest BCUT2D eigenvalue weighted by Gasteiger charge is 2.32. The number of hydrogen-bond acceptors (Lipinski definition) is 16. The monoisotopic (exact) mass is 1830 g/mol. The maximum atomic E-state index is 12.5. The van der Waals surface area contributed by atoms with Gasteiger partial charge in [0.2, 0.25) is 0 Å². The third-order valence-corrected chi connectivity index (χ3v) is 24.6. The Bertz CT molecular complexity index is 6740. The molecule has 0 saturated carbocycles. The zero-order chi connectivity index (χ0) is 90.6. The van der Waals surface area contributed by atoms with Crippen molar-refractivity contribution in [2.75, 3.05) is 20.5 Å². The van der Waals surface area contributed by atoms with Crippen LogP contribution in [-0.4, -0.2) is 113 Å². The fraction of sp³-hybridized carbons (Fsp3) is 0.333. The van der Waals surface area contributed by atoms with Gasteiger partial charge < -0.3 is 19.3 Å². The molecule has 0 spiro atoms. The van der Waals surface area contributed by atoms with Crippen LogP contribution in [0, 0.1) is 0 Å². The molecular formula is C90H97Cl5F3N15O11S. The first-order valence-electron chi connectivity index (χ1n) is 40.9. The quantitative estimate of drug-likeness (QED) is 0.0310. The van der Waals surface area contributed by atoms with Crippen molar-refractivity contribution in [2.24, 2.45) is 0 Å². The predicted molar refractivity (Wildman–Crippen MR) is 491 cm³/mol. The van der Waals surface area contributed by atoms with Crippen LogP contribution in [0.5, 0.6) is 17.2 Å². The molecule has 6 N–H and O–H groups in total. The van der Waals surface area contributed by atoms with E-state index in [1.54, 1.807) is 98.1 Å². The van der Waals surface area contributed by atoms with Gasteiger partial charge in [0, 0.05) is 102 Å². The van der Waals surface area contributed by atoms with E-state index in [2.05, 4.69) is 96.1 Å². The molecule has 125 heavy (non-hydrogen) atoms. The van der Waals surface area contributed by atoms with Gasteiger partial charge in [-0.1, -0.05) is 200 Å². The number of hydrogen-bond donors (Lipinski definition) is 6. The van der Waals surface area contributed by atoms with Crippen LogP contribution in [0.2, 0.25) is 25.1 Å². The fourth-order valence-corrected chi connectivity index (χ4v) is 17.7. The lowest BCUT2D eigenvalue weighted by atomic mass is 10.0. The molecule has 0 saturated heterocycles. The zero-order valence-corrected chi connectivity index (χ0v) is 75.6. The van der Waals surface area contributed by atoms with Gasteiger partial charge in [-0.25, -0.2) is 57.3 Å². The van der Waals surface area contributed by atoms with Gasteiger partial charge in [0.05, 0.1) is 71.3 Å². The number of aromatic hydroxyl groups is 1. The minimum absolute atomic E-state index is 0.00615. The number of phenols is 1. The summed E-state index contributed by atoms with van der Waals surface area (Å²) in [6.45, 7) is 20.9. The summed E-state index contributed by atoms with van der Waals surface area (Å²) in [6.07, 6.45) is 12.1. The van der Waals surface area contributed by atoms with Crippen molar-refractivity contribution in [2.45, 2.75) is 182 Å². The van der Waals surface area contributed by atoms with Crippen molar-refractivity contribution in [3.8, 4) is 72.9 Å². The Labute approximate surface area is 742 Å². The van der Waals surface area contributed by atoms with E-state index < -0.39 is 16.2 Å². The molecule has 660 valence electrons. The third-order valence-electron chi connectivity index (χ3n) is 22.0. The SMILES string of the molecule is CCC(CC)n1c(=O)[nH]c2ncc(Cl)c(-c3ccc(COC)cc3)c21.CCC(CC)n1c(=O)[nH]c2ncc(Cl)c(-c3ccc(O)cc3)c21.CCC(CC)n1c(=O)[nH]c2ncc(Cl)c(-c3ccc(OC(F)(F)F)cc3)c21.CCC(CC)n1c(=O)[nH]c2ncc(Cl)c(-c3ccc(OC)cc3)c21.CCC(CC)n1c(=O)[nH]c2ncc(Cl)c(-c3cccc(S(C)(=O)=O)c3)c21. The number of nitrogens with zero attached hydrogens (tertiary/aromatic N) is 10. The van der Waals surface area contributed by atoms with Gasteiger partial charge in [0.25, 0.3) is 0 Å². The molecule has 0 unspecified atom stereocenters. The zero-order valence-electron chi connectivity index (χ0n) is 71.0. The largest absolute Gasteiger partial charge is 0.573 e. The van der Waals surface area contributed by atoms with Gasteiger partial charge in [0.1, 0.15) is 17.2 Å². The van der Waals surface area contributed by atoms with Crippen LogP contribution in [0.25, 0.3) is 111 Å². The highest BCUT2D eigenvalue weighted by atomic mass is 35.5. The van der Waals surface area contributed by atoms with Gasteiger partial charge in [-0.3, -0.25) is 47.8 Å². The Morgan fingerprint density at radius 3 is 0.888 bits per heavy atom. The second kappa shape index (κ2) is 41.3. The van der Waals surface area contributed by atoms with E-state index in [0.717, 1.165) is 126 Å². The number of nitrogens with one attached hydrogen (secondary N) is 5. The number of H-pyrrole nitrogens is 5. The standard InChI is InChI=1S/C19H22ClN3O2.C18H17ClF3N3O2.C18H20ClN3O3S.C18H20ClN3O2.C17H18ClN3O2/c1-4-14(5-2)23-17-16(13-8-6-12(7-9-13)11-25-3)15(20)10-21-18(17)22-19(23)24;1-3-11(4-2)25-15-14(13(19)9-23-16(15)24-17(25)26)10-5-7-12(8-6-10)27-18(20,21)22;1-4-12(5-2)22-16-15(14(19)10-20-17(16)21-18(22)23)11-7-6-8-13(9-11)26(3,24)25;1-4-12(5-2)22-16-15(11-6-8-13(24-3)9-7-11)14(19)10-20-17(16)21-18(22)23;1-3-11(4-2)21-15-14(10-5-7-12(22)8-6-10)13(18)9-19-16(15)20-17(21)23/h6-10,14H,4-5,11H2,1-3H3,(H,21,22,24);5-9,11H,3-4H2,1-2H3,(H,23,24,26);6-10,12H,4-5H2,1-3H3,(H,20,21,23);6-10,12H,4-5H2,1-3H3,(H,20,21,23);5-9,11,22H,3-4H2,1-2H3,(H,19,20,23). The number of aromatic amines is 5. The summed E-state index contributed by atoms with van der Waals surface area (Å²) in [7, 11) is -0.0646. The van der Waals surface area contributed by atoms with E-state index in [1.807, 2.05) is 76.2 Å². The molecule has 0 aliphatic heterocycles. The van der Waals surface area contributed by atoms with Gasteiger partial charge in [-0.2, -0.15) is 0 Å².